The van der Waals surface area contributed by atoms with Crippen LogP contribution in [0.3, 0.4) is 0 Å². The summed E-state index contributed by atoms with van der Waals surface area (Å²) in [5.41, 5.74) is 0.859. The summed E-state index contributed by atoms with van der Waals surface area (Å²) in [4.78, 5) is 24.5. The van der Waals surface area contributed by atoms with Crippen LogP contribution in [0.1, 0.15) is 11.3 Å². The SMILES string of the molecule is O=C(Cn1cc(OCc2ccc(F)cc2)c(=O)cc1CO)Nc1ccc(F)cc1. The normalized spacial score (nSPS) is 10.6. The lowest BCUT2D eigenvalue weighted by molar-refractivity contribution is -0.116. The van der Waals surface area contributed by atoms with Crippen molar-refractivity contribution in [3.05, 3.63) is 93.9 Å². The summed E-state index contributed by atoms with van der Waals surface area (Å²) in [5.74, 6) is -1.25. The molecular weight excluding hydrogens is 382 g/mol. The van der Waals surface area contributed by atoms with Gasteiger partial charge in [0.05, 0.1) is 12.8 Å². The predicted molar refractivity (Wildman–Crippen MR) is 102 cm³/mol. The number of pyridine rings is 1. The molecule has 1 aromatic heterocycles. The molecule has 2 N–H and O–H groups in total. The van der Waals surface area contributed by atoms with Crippen molar-refractivity contribution in [3.8, 4) is 5.75 Å². The molecule has 3 rings (SSSR count). The first-order chi connectivity index (χ1) is 13.9. The van der Waals surface area contributed by atoms with E-state index in [2.05, 4.69) is 5.32 Å². The van der Waals surface area contributed by atoms with Crippen LogP contribution < -0.4 is 15.5 Å². The van der Waals surface area contributed by atoms with Gasteiger partial charge in [0.2, 0.25) is 11.3 Å². The van der Waals surface area contributed by atoms with E-state index in [0.717, 1.165) is 0 Å². The summed E-state index contributed by atoms with van der Waals surface area (Å²) in [6.45, 7) is -0.604. The van der Waals surface area contributed by atoms with E-state index >= 15 is 0 Å². The minimum atomic E-state index is -0.452. The molecule has 150 valence electrons. The van der Waals surface area contributed by atoms with Crippen molar-refractivity contribution in [2.45, 2.75) is 19.8 Å². The summed E-state index contributed by atoms with van der Waals surface area (Å²) < 4.78 is 32.8. The number of ether oxygens (including phenoxy) is 1. The Labute approximate surface area is 165 Å². The molecule has 6 nitrogen and oxygen atoms in total. The van der Waals surface area contributed by atoms with E-state index in [-0.39, 0.29) is 30.4 Å². The van der Waals surface area contributed by atoms with Crippen molar-refractivity contribution in [2.24, 2.45) is 0 Å². The highest BCUT2D eigenvalue weighted by molar-refractivity contribution is 5.90. The first-order valence-corrected chi connectivity index (χ1v) is 8.71. The van der Waals surface area contributed by atoms with E-state index in [1.54, 1.807) is 0 Å². The molecule has 0 atom stereocenters. The average molecular weight is 400 g/mol. The quantitative estimate of drug-likeness (QED) is 0.639. The number of amides is 1. The molecule has 0 unspecified atom stereocenters. The number of aliphatic hydroxyl groups excluding tert-OH is 1. The van der Waals surface area contributed by atoms with Crippen LogP contribution in [0.15, 0.2) is 65.6 Å². The lowest BCUT2D eigenvalue weighted by Gasteiger charge is -2.14. The number of anilines is 1. The second-order valence-corrected chi connectivity index (χ2v) is 6.25. The lowest BCUT2D eigenvalue weighted by atomic mass is 10.2. The first kappa shape index (κ1) is 20.2. The molecule has 0 aliphatic carbocycles. The molecule has 2 aromatic carbocycles. The zero-order chi connectivity index (χ0) is 20.8. The summed E-state index contributed by atoms with van der Waals surface area (Å²) in [5, 5.41) is 12.1. The Hall–Kier alpha value is -3.52. The third-order valence-electron chi connectivity index (χ3n) is 4.09. The van der Waals surface area contributed by atoms with Gasteiger partial charge in [-0.1, -0.05) is 12.1 Å². The van der Waals surface area contributed by atoms with E-state index in [4.69, 9.17) is 4.74 Å². The van der Waals surface area contributed by atoms with Gasteiger partial charge in [0, 0.05) is 17.4 Å². The van der Waals surface area contributed by atoms with Gasteiger partial charge in [-0.3, -0.25) is 9.59 Å². The third-order valence-corrected chi connectivity index (χ3v) is 4.09. The maximum absolute atomic E-state index is 13.0. The van der Waals surface area contributed by atoms with Crippen LogP contribution in [0.25, 0.3) is 0 Å². The highest BCUT2D eigenvalue weighted by atomic mass is 19.1. The third kappa shape index (κ3) is 5.49. The number of halogens is 2. The number of rotatable bonds is 7. The summed E-state index contributed by atoms with van der Waals surface area (Å²) in [7, 11) is 0. The molecule has 0 spiro atoms. The Kier molecular flexibility index (Phi) is 6.36. The van der Waals surface area contributed by atoms with Gasteiger partial charge >= 0.3 is 0 Å². The molecule has 0 saturated carbocycles. The van der Waals surface area contributed by atoms with Gasteiger partial charge in [0.25, 0.3) is 0 Å². The smallest absolute Gasteiger partial charge is 0.244 e. The number of hydrogen-bond acceptors (Lipinski definition) is 4. The van der Waals surface area contributed by atoms with Crippen molar-refractivity contribution >= 4 is 11.6 Å². The summed E-state index contributed by atoms with van der Waals surface area (Å²) >= 11 is 0. The monoisotopic (exact) mass is 400 g/mol. The number of aliphatic hydroxyl groups is 1. The highest BCUT2D eigenvalue weighted by Gasteiger charge is 2.11. The molecule has 1 heterocycles. The molecule has 0 aliphatic heterocycles. The first-order valence-electron chi connectivity index (χ1n) is 8.71. The molecule has 0 bridgehead atoms. The van der Waals surface area contributed by atoms with Crippen LogP contribution in [-0.4, -0.2) is 15.6 Å². The van der Waals surface area contributed by atoms with Crippen molar-refractivity contribution in [2.75, 3.05) is 5.32 Å². The van der Waals surface area contributed by atoms with E-state index in [0.29, 0.717) is 11.3 Å². The fourth-order valence-corrected chi connectivity index (χ4v) is 2.62. The zero-order valence-electron chi connectivity index (χ0n) is 15.3. The van der Waals surface area contributed by atoms with Gasteiger partial charge < -0.3 is 19.7 Å². The maximum atomic E-state index is 13.0. The number of carbonyl (C=O) groups is 1. The molecular formula is C21H18F2N2O4. The van der Waals surface area contributed by atoms with Gasteiger partial charge in [0.1, 0.15) is 24.8 Å². The molecule has 8 heteroatoms. The lowest BCUT2D eigenvalue weighted by Crippen LogP contribution is -2.23. The number of aromatic nitrogens is 1. The van der Waals surface area contributed by atoms with Crippen molar-refractivity contribution in [3.63, 3.8) is 0 Å². The molecule has 0 saturated heterocycles. The summed E-state index contributed by atoms with van der Waals surface area (Å²) in [6.07, 6.45) is 1.33. The molecule has 0 fully saturated rings. The molecule has 1 amide bonds. The number of hydrogen-bond donors (Lipinski definition) is 2. The number of nitrogens with one attached hydrogen (secondary N) is 1. The van der Waals surface area contributed by atoms with E-state index in [1.807, 2.05) is 0 Å². The standard InChI is InChI=1S/C21H18F2N2O4/c22-15-3-1-14(2-4-15)13-29-20-10-25(18(12-26)9-19(20)27)11-21(28)24-17-7-5-16(23)6-8-17/h1-10,26H,11-13H2,(H,24,28). The van der Waals surface area contributed by atoms with Crippen molar-refractivity contribution in [1.29, 1.82) is 0 Å². The van der Waals surface area contributed by atoms with Crippen molar-refractivity contribution in [1.82, 2.24) is 4.57 Å². The largest absolute Gasteiger partial charge is 0.483 e. The Morgan fingerprint density at radius 3 is 2.28 bits per heavy atom. The van der Waals surface area contributed by atoms with Gasteiger partial charge in [-0.15, -0.1) is 0 Å². The van der Waals surface area contributed by atoms with Gasteiger partial charge in [-0.05, 0) is 42.0 Å². The van der Waals surface area contributed by atoms with Crippen LogP contribution >= 0.6 is 0 Å². The number of benzene rings is 2. The van der Waals surface area contributed by atoms with Crippen LogP contribution in [0.5, 0.6) is 5.75 Å². The maximum Gasteiger partial charge on any atom is 0.244 e. The van der Waals surface area contributed by atoms with E-state index in [1.165, 1.54) is 65.4 Å². The number of carbonyl (C=O) groups excluding carboxylic acids is 1. The zero-order valence-corrected chi connectivity index (χ0v) is 15.3. The van der Waals surface area contributed by atoms with Gasteiger partial charge in [0.15, 0.2) is 5.75 Å². The van der Waals surface area contributed by atoms with E-state index in [9.17, 15) is 23.5 Å². The molecule has 3 aromatic rings. The Morgan fingerprint density at radius 2 is 1.66 bits per heavy atom. The predicted octanol–water partition coefficient (Wildman–Crippen LogP) is 2.84. The Morgan fingerprint density at radius 1 is 1.03 bits per heavy atom. The molecule has 0 radical (unpaired) electrons. The van der Waals surface area contributed by atoms with Crippen molar-refractivity contribution < 1.29 is 23.4 Å². The Bertz CT molecular complexity index is 1050. The number of nitrogens with zero attached hydrogens (tertiary/aromatic N) is 1. The fraction of sp³-hybridized carbons (Fsp3) is 0.143. The van der Waals surface area contributed by atoms with Gasteiger partial charge in [-0.2, -0.15) is 0 Å². The average Bonchev–Trinajstić information content (AvgIpc) is 2.71. The van der Waals surface area contributed by atoms with Crippen LogP contribution in [0.2, 0.25) is 0 Å². The highest BCUT2D eigenvalue weighted by Crippen LogP contribution is 2.12. The minimum Gasteiger partial charge on any atom is -0.483 e. The second-order valence-electron chi connectivity index (χ2n) is 6.25. The fourth-order valence-electron chi connectivity index (χ4n) is 2.62. The van der Waals surface area contributed by atoms with Crippen LogP contribution in [0.4, 0.5) is 14.5 Å². The van der Waals surface area contributed by atoms with Crippen LogP contribution in [0, 0.1) is 11.6 Å². The second kappa shape index (κ2) is 9.11. The minimum absolute atomic E-state index is 0.0129. The van der Waals surface area contributed by atoms with Gasteiger partial charge in [-0.25, -0.2) is 8.78 Å². The van der Waals surface area contributed by atoms with E-state index < -0.39 is 23.8 Å². The van der Waals surface area contributed by atoms with Crippen LogP contribution in [-0.2, 0) is 24.6 Å². The Balaban J connectivity index is 1.73. The molecule has 29 heavy (non-hydrogen) atoms. The topological polar surface area (TPSA) is 80.6 Å². The molecule has 0 aliphatic rings. The summed E-state index contributed by atoms with van der Waals surface area (Å²) in [6, 6.07) is 12.1.